The molecule has 0 saturated heterocycles. The van der Waals surface area contributed by atoms with E-state index in [1.165, 1.54) is 0 Å². The van der Waals surface area contributed by atoms with Crippen molar-refractivity contribution >= 4 is 11.9 Å². The summed E-state index contributed by atoms with van der Waals surface area (Å²) in [4.78, 5) is 22.8. The van der Waals surface area contributed by atoms with Crippen LogP contribution < -0.4 is 4.74 Å². The average Bonchev–Trinajstić information content (AvgIpc) is 2.64. The zero-order valence-electron chi connectivity index (χ0n) is 14.6. The van der Waals surface area contributed by atoms with Crippen molar-refractivity contribution in [2.45, 2.75) is 32.3 Å². The highest BCUT2D eigenvalue weighted by molar-refractivity contribution is 5.81. The van der Waals surface area contributed by atoms with Crippen LogP contribution >= 0.6 is 0 Å². The quantitative estimate of drug-likeness (QED) is 0.309. The highest BCUT2D eigenvalue weighted by atomic mass is 16.6. The molecule has 0 aliphatic heterocycles. The molecule has 138 valence electrons. The maximum atomic E-state index is 11.9. The van der Waals surface area contributed by atoms with Crippen LogP contribution in [0.1, 0.15) is 26.2 Å². The lowest BCUT2D eigenvalue weighted by atomic mass is 10.2. The van der Waals surface area contributed by atoms with Crippen molar-refractivity contribution in [3.05, 3.63) is 43.0 Å². The number of rotatable bonds is 13. The first-order valence-electron chi connectivity index (χ1n) is 8.40. The summed E-state index contributed by atoms with van der Waals surface area (Å²) in [5, 5.41) is 0. The fourth-order valence-electron chi connectivity index (χ4n) is 1.92. The number of benzene rings is 1. The minimum atomic E-state index is -0.466. The van der Waals surface area contributed by atoms with E-state index in [-0.39, 0.29) is 32.2 Å². The molecule has 0 N–H and O–H groups in total. The highest BCUT2D eigenvalue weighted by Gasteiger charge is 2.15. The number of ether oxygens (including phenoxy) is 4. The molecule has 1 aromatic rings. The summed E-state index contributed by atoms with van der Waals surface area (Å²) in [6.45, 7) is 6.50. The van der Waals surface area contributed by atoms with Gasteiger partial charge in [0.1, 0.15) is 12.4 Å². The van der Waals surface area contributed by atoms with Crippen LogP contribution in [-0.4, -0.2) is 44.5 Å². The Hall–Kier alpha value is -2.34. The third-order valence-corrected chi connectivity index (χ3v) is 3.17. The van der Waals surface area contributed by atoms with Crippen LogP contribution in [0.25, 0.3) is 0 Å². The maximum absolute atomic E-state index is 11.9. The highest BCUT2D eigenvalue weighted by Crippen LogP contribution is 2.10. The Morgan fingerprint density at radius 3 is 2.60 bits per heavy atom. The van der Waals surface area contributed by atoms with Crippen molar-refractivity contribution in [2.24, 2.45) is 0 Å². The van der Waals surface area contributed by atoms with Crippen molar-refractivity contribution in [2.75, 3.05) is 26.4 Å². The lowest BCUT2D eigenvalue weighted by Crippen LogP contribution is -2.30. The Morgan fingerprint density at radius 2 is 1.92 bits per heavy atom. The Bertz CT molecular complexity index is 514. The second kappa shape index (κ2) is 13.0. The standard InChI is InChI=1S/C19H26O6/c1-3-18(20)23-13-9-8-12-19(21)25-17(14-22-4-2)15-24-16-10-6-5-7-11-16/h3,5-7,10-11,17H,1,4,8-9,12-15H2,2H3. The summed E-state index contributed by atoms with van der Waals surface area (Å²) in [5.74, 6) is -0.0714. The smallest absolute Gasteiger partial charge is 0.330 e. The summed E-state index contributed by atoms with van der Waals surface area (Å²) in [7, 11) is 0. The molecule has 1 aromatic carbocycles. The van der Waals surface area contributed by atoms with Crippen molar-refractivity contribution in [1.82, 2.24) is 0 Å². The van der Waals surface area contributed by atoms with Gasteiger partial charge in [0.05, 0.1) is 13.2 Å². The van der Waals surface area contributed by atoms with Gasteiger partial charge in [0.25, 0.3) is 0 Å². The van der Waals surface area contributed by atoms with E-state index in [9.17, 15) is 9.59 Å². The van der Waals surface area contributed by atoms with E-state index in [0.29, 0.717) is 25.2 Å². The molecular formula is C19H26O6. The van der Waals surface area contributed by atoms with Crippen LogP contribution in [0.15, 0.2) is 43.0 Å². The molecule has 6 nitrogen and oxygen atoms in total. The molecule has 25 heavy (non-hydrogen) atoms. The van der Waals surface area contributed by atoms with Crippen molar-refractivity contribution in [3.8, 4) is 5.75 Å². The van der Waals surface area contributed by atoms with Gasteiger partial charge < -0.3 is 18.9 Å². The minimum absolute atomic E-state index is 0.229. The Kier molecular flexibility index (Phi) is 10.8. The van der Waals surface area contributed by atoms with Gasteiger partial charge >= 0.3 is 11.9 Å². The number of unbranched alkanes of at least 4 members (excludes halogenated alkanes) is 1. The van der Waals surface area contributed by atoms with Gasteiger partial charge in [0.15, 0.2) is 6.10 Å². The van der Waals surface area contributed by atoms with Crippen molar-refractivity contribution in [3.63, 3.8) is 0 Å². The monoisotopic (exact) mass is 350 g/mol. The normalized spacial score (nSPS) is 11.4. The third kappa shape index (κ3) is 10.2. The van der Waals surface area contributed by atoms with E-state index < -0.39 is 12.1 Å². The van der Waals surface area contributed by atoms with Crippen molar-refractivity contribution in [1.29, 1.82) is 0 Å². The predicted molar refractivity (Wildman–Crippen MR) is 93.3 cm³/mol. The van der Waals surface area contributed by atoms with Gasteiger partial charge in [-0.2, -0.15) is 0 Å². The maximum Gasteiger partial charge on any atom is 0.330 e. The molecule has 0 heterocycles. The van der Waals surface area contributed by atoms with Gasteiger partial charge in [-0.25, -0.2) is 4.79 Å². The molecule has 1 unspecified atom stereocenters. The lowest BCUT2D eigenvalue weighted by molar-refractivity contribution is -0.154. The van der Waals surface area contributed by atoms with Crippen LogP contribution in [0.4, 0.5) is 0 Å². The molecule has 1 atom stereocenters. The molecule has 0 aromatic heterocycles. The largest absolute Gasteiger partial charge is 0.490 e. The molecule has 0 aliphatic rings. The summed E-state index contributed by atoms with van der Waals surface area (Å²) in [6, 6.07) is 9.32. The molecule has 1 rings (SSSR count). The van der Waals surface area contributed by atoms with Gasteiger partial charge in [0.2, 0.25) is 0 Å². The Balaban J connectivity index is 2.29. The number of carbonyl (C=O) groups excluding carboxylic acids is 2. The van der Waals surface area contributed by atoms with Gasteiger partial charge in [-0.1, -0.05) is 24.8 Å². The van der Waals surface area contributed by atoms with Gasteiger partial charge in [0, 0.05) is 19.1 Å². The first kappa shape index (κ1) is 20.7. The number of hydrogen-bond donors (Lipinski definition) is 0. The Labute approximate surface area is 148 Å². The lowest BCUT2D eigenvalue weighted by Gasteiger charge is -2.18. The molecule has 0 bridgehead atoms. The van der Waals surface area contributed by atoms with E-state index in [1.807, 2.05) is 37.3 Å². The van der Waals surface area contributed by atoms with Crippen LogP contribution in [0, 0.1) is 0 Å². The van der Waals surface area contributed by atoms with E-state index in [2.05, 4.69) is 6.58 Å². The van der Waals surface area contributed by atoms with E-state index in [0.717, 1.165) is 6.08 Å². The topological polar surface area (TPSA) is 71.1 Å². The zero-order valence-corrected chi connectivity index (χ0v) is 14.6. The van der Waals surface area contributed by atoms with Gasteiger partial charge in [-0.15, -0.1) is 0 Å². The second-order valence-corrected chi connectivity index (χ2v) is 5.22. The summed E-state index contributed by atoms with van der Waals surface area (Å²) in [6.07, 6.45) is 2.06. The summed E-state index contributed by atoms with van der Waals surface area (Å²) >= 11 is 0. The first-order valence-corrected chi connectivity index (χ1v) is 8.40. The molecule has 0 radical (unpaired) electrons. The number of esters is 2. The fourth-order valence-corrected chi connectivity index (χ4v) is 1.92. The van der Waals surface area contributed by atoms with E-state index in [4.69, 9.17) is 18.9 Å². The molecule has 0 amide bonds. The molecule has 0 saturated carbocycles. The molecule has 0 aliphatic carbocycles. The van der Waals surface area contributed by atoms with Crippen LogP contribution in [-0.2, 0) is 23.8 Å². The molecule has 0 fully saturated rings. The summed E-state index contributed by atoms with van der Waals surface area (Å²) in [5.41, 5.74) is 0. The third-order valence-electron chi connectivity index (χ3n) is 3.17. The number of hydrogen-bond acceptors (Lipinski definition) is 6. The fraction of sp³-hybridized carbons (Fsp3) is 0.474. The zero-order chi connectivity index (χ0) is 18.3. The van der Waals surface area contributed by atoms with E-state index >= 15 is 0 Å². The average molecular weight is 350 g/mol. The summed E-state index contributed by atoms with van der Waals surface area (Å²) < 4.78 is 21.2. The van der Waals surface area contributed by atoms with Gasteiger partial charge in [-0.05, 0) is 31.9 Å². The first-order chi connectivity index (χ1) is 12.2. The SMILES string of the molecule is C=CC(=O)OCCCCC(=O)OC(COCC)COc1ccccc1. The van der Waals surface area contributed by atoms with Gasteiger partial charge in [-0.3, -0.25) is 4.79 Å². The van der Waals surface area contributed by atoms with Crippen LogP contribution in [0.3, 0.4) is 0 Å². The molecule has 0 spiro atoms. The van der Waals surface area contributed by atoms with Crippen molar-refractivity contribution < 1.29 is 28.5 Å². The number of para-hydroxylation sites is 1. The number of carbonyl (C=O) groups is 2. The van der Waals surface area contributed by atoms with Crippen LogP contribution in [0.5, 0.6) is 5.75 Å². The van der Waals surface area contributed by atoms with E-state index in [1.54, 1.807) is 0 Å². The predicted octanol–water partition coefficient (Wildman–Crippen LogP) is 2.91. The molecular weight excluding hydrogens is 324 g/mol. The second-order valence-electron chi connectivity index (χ2n) is 5.22. The Morgan fingerprint density at radius 1 is 1.16 bits per heavy atom. The molecule has 6 heteroatoms. The van der Waals surface area contributed by atoms with Crippen LogP contribution in [0.2, 0.25) is 0 Å². The minimum Gasteiger partial charge on any atom is -0.490 e.